The van der Waals surface area contributed by atoms with Crippen LogP contribution >= 0.6 is 11.6 Å². The molecule has 1 saturated carbocycles. The second-order valence-corrected chi connectivity index (χ2v) is 7.47. The van der Waals surface area contributed by atoms with Crippen molar-refractivity contribution in [2.24, 2.45) is 0 Å². The Bertz CT molecular complexity index is 836. The van der Waals surface area contributed by atoms with Gasteiger partial charge in [0.2, 0.25) is 11.9 Å². The Kier molecular flexibility index (Phi) is 4.56. The summed E-state index contributed by atoms with van der Waals surface area (Å²) in [7, 11) is 0. The summed E-state index contributed by atoms with van der Waals surface area (Å²) in [4.78, 5) is 22.7. The molecule has 2 aromatic heterocycles. The first-order valence-electron chi connectivity index (χ1n) is 8.86. The average Bonchev–Trinajstić information content (AvgIpc) is 2.82. The van der Waals surface area contributed by atoms with Crippen molar-refractivity contribution in [3.8, 4) is 0 Å². The Morgan fingerprint density at radius 2 is 2.12 bits per heavy atom. The normalized spacial score (nSPS) is 20.9. The Morgan fingerprint density at radius 3 is 2.81 bits per heavy atom. The molecule has 0 aromatic carbocycles. The number of nitrogens with one attached hydrogen (secondary N) is 1. The molecule has 140 valence electrons. The molecule has 1 aliphatic heterocycles. The van der Waals surface area contributed by atoms with E-state index in [1.165, 1.54) is 4.90 Å². The van der Waals surface area contributed by atoms with Crippen LogP contribution < -0.4 is 5.32 Å². The zero-order chi connectivity index (χ0) is 18.3. The molecule has 26 heavy (non-hydrogen) atoms. The molecular weight excluding hydrogens is 364 g/mol. The van der Waals surface area contributed by atoms with Gasteiger partial charge < -0.3 is 0 Å². The van der Waals surface area contributed by atoms with Gasteiger partial charge in [0.05, 0.1) is 13.1 Å². The second kappa shape index (κ2) is 6.74. The third-order valence-corrected chi connectivity index (χ3v) is 5.24. The quantitative estimate of drug-likeness (QED) is 0.821. The maximum Gasteiger partial charge on any atom is 0.260 e. The van der Waals surface area contributed by atoms with E-state index in [1.807, 2.05) is 4.57 Å². The molecule has 0 atom stereocenters. The second-order valence-electron chi connectivity index (χ2n) is 7.09. The molecule has 9 heteroatoms. The van der Waals surface area contributed by atoms with Gasteiger partial charge in [0.1, 0.15) is 10.7 Å². The Labute approximate surface area is 154 Å². The fourth-order valence-corrected chi connectivity index (χ4v) is 3.72. The number of carbonyl (C=O) groups excluding carboxylic acids is 1. The predicted molar refractivity (Wildman–Crippen MR) is 94.7 cm³/mol. The molecule has 1 saturated heterocycles. The smallest absolute Gasteiger partial charge is 0.260 e. The summed E-state index contributed by atoms with van der Waals surface area (Å²) in [5, 5.41) is 3.15. The van der Waals surface area contributed by atoms with Crippen molar-refractivity contribution >= 4 is 34.6 Å². The maximum absolute atomic E-state index is 13.5. The highest BCUT2D eigenvalue weighted by Gasteiger charge is 2.36. The molecular formula is C17H20ClF2N5O. The van der Waals surface area contributed by atoms with E-state index in [4.69, 9.17) is 11.6 Å². The lowest BCUT2D eigenvalue weighted by Crippen LogP contribution is -2.45. The van der Waals surface area contributed by atoms with Gasteiger partial charge in [-0.25, -0.2) is 18.7 Å². The first kappa shape index (κ1) is 17.6. The molecule has 0 bridgehead atoms. The van der Waals surface area contributed by atoms with Crippen molar-refractivity contribution < 1.29 is 13.6 Å². The van der Waals surface area contributed by atoms with Crippen molar-refractivity contribution in [2.75, 3.05) is 25.0 Å². The zero-order valence-corrected chi connectivity index (χ0v) is 15.0. The van der Waals surface area contributed by atoms with Crippen LogP contribution in [0.2, 0.25) is 5.15 Å². The number of likely N-dealkylation sites (tertiary alicyclic amines) is 1. The van der Waals surface area contributed by atoms with Crippen LogP contribution in [0.25, 0.3) is 11.2 Å². The number of imidazole rings is 1. The van der Waals surface area contributed by atoms with Crippen molar-refractivity contribution in [1.82, 2.24) is 19.4 Å². The number of piperidine rings is 1. The number of halogens is 3. The number of hydrogen-bond acceptors (Lipinski definition) is 4. The minimum Gasteiger partial charge on any atom is -0.295 e. The van der Waals surface area contributed by atoms with Crippen LogP contribution in [0.15, 0.2) is 12.1 Å². The van der Waals surface area contributed by atoms with E-state index in [0.717, 1.165) is 19.3 Å². The molecule has 1 amide bonds. The number of aromatic nitrogens is 3. The molecule has 2 fully saturated rings. The maximum atomic E-state index is 13.5. The van der Waals surface area contributed by atoms with Gasteiger partial charge in [0, 0.05) is 12.5 Å². The highest BCUT2D eigenvalue weighted by atomic mass is 35.5. The average molecular weight is 384 g/mol. The van der Waals surface area contributed by atoms with E-state index in [-0.39, 0.29) is 31.5 Å². The molecule has 0 spiro atoms. The van der Waals surface area contributed by atoms with Gasteiger partial charge >= 0.3 is 0 Å². The van der Waals surface area contributed by atoms with E-state index in [2.05, 4.69) is 15.3 Å². The number of nitrogens with zero attached hydrogens (tertiary/aromatic N) is 4. The van der Waals surface area contributed by atoms with Gasteiger partial charge in [-0.3, -0.25) is 19.6 Å². The summed E-state index contributed by atoms with van der Waals surface area (Å²) in [6, 6.07) is 3.64. The SMILES string of the molecule is O=C(CN1CCCC(F)(F)C1)Nc1nc2ccc(Cl)nc2n1C1CCC1. The minimum absolute atomic E-state index is 0.0718. The number of rotatable bonds is 4. The van der Waals surface area contributed by atoms with E-state index in [1.54, 1.807) is 12.1 Å². The minimum atomic E-state index is -2.72. The lowest BCUT2D eigenvalue weighted by atomic mass is 9.93. The third-order valence-electron chi connectivity index (χ3n) is 5.03. The van der Waals surface area contributed by atoms with E-state index < -0.39 is 5.92 Å². The number of alkyl halides is 2. The summed E-state index contributed by atoms with van der Waals surface area (Å²) in [6.45, 7) is 0.0491. The standard InChI is InChI=1S/C17H20ClF2N5O/c18-13-6-5-12-15(22-13)25(11-3-1-4-11)16(21-12)23-14(26)9-24-8-2-7-17(19,20)10-24/h5-6,11H,1-4,7-10H2,(H,21,23,26). The zero-order valence-electron chi connectivity index (χ0n) is 14.2. The number of hydrogen-bond donors (Lipinski definition) is 1. The van der Waals surface area contributed by atoms with Gasteiger partial charge in [-0.2, -0.15) is 0 Å². The number of pyridine rings is 1. The molecule has 4 rings (SSSR count). The Balaban J connectivity index is 1.54. The first-order valence-corrected chi connectivity index (χ1v) is 9.24. The van der Waals surface area contributed by atoms with Gasteiger partial charge in [0.25, 0.3) is 5.92 Å². The lowest BCUT2D eigenvalue weighted by Gasteiger charge is -2.32. The summed E-state index contributed by atoms with van der Waals surface area (Å²) >= 11 is 6.01. The van der Waals surface area contributed by atoms with E-state index in [0.29, 0.717) is 35.2 Å². The van der Waals surface area contributed by atoms with Crippen molar-refractivity contribution in [3.63, 3.8) is 0 Å². The van der Waals surface area contributed by atoms with E-state index in [9.17, 15) is 13.6 Å². The summed E-state index contributed by atoms with van der Waals surface area (Å²) in [6.07, 6.45) is 3.36. The topological polar surface area (TPSA) is 63.1 Å². The highest BCUT2D eigenvalue weighted by molar-refractivity contribution is 6.29. The largest absolute Gasteiger partial charge is 0.295 e. The molecule has 3 heterocycles. The number of fused-ring (bicyclic) bond motifs is 1. The van der Waals surface area contributed by atoms with Crippen molar-refractivity contribution in [3.05, 3.63) is 17.3 Å². The van der Waals surface area contributed by atoms with Crippen LogP contribution in [-0.2, 0) is 4.79 Å². The highest BCUT2D eigenvalue weighted by Crippen LogP contribution is 2.37. The Hall–Kier alpha value is -1.80. The molecule has 0 unspecified atom stereocenters. The van der Waals surface area contributed by atoms with Gasteiger partial charge in [-0.15, -0.1) is 0 Å². The summed E-state index contributed by atoms with van der Waals surface area (Å²) < 4.78 is 29.0. The molecule has 0 radical (unpaired) electrons. The molecule has 2 aromatic rings. The Morgan fingerprint density at radius 1 is 1.31 bits per heavy atom. The molecule has 1 aliphatic carbocycles. The van der Waals surface area contributed by atoms with Gasteiger partial charge in [0.15, 0.2) is 5.65 Å². The van der Waals surface area contributed by atoms with Gasteiger partial charge in [-0.1, -0.05) is 11.6 Å². The van der Waals surface area contributed by atoms with Crippen molar-refractivity contribution in [2.45, 2.75) is 44.1 Å². The predicted octanol–water partition coefficient (Wildman–Crippen LogP) is 3.48. The molecule has 6 nitrogen and oxygen atoms in total. The van der Waals surface area contributed by atoms with Crippen LogP contribution in [0.3, 0.4) is 0 Å². The van der Waals surface area contributed by atoms with Crippen LogP contribution in [0, 0.1) is 0 Å². The van der Waals surface area contributed by atoms with Crippen molar-refractivity contribution in [1.29, 1.82) is 0 Å². The fraction of sp³-hybridized carbons (Fsp3) is 0.588. The number of anilines is 1. The monoisotopic (exact) mass is 383 g/mol. The fourth-order valence-electron chi connectivity index (χ4n) is 3.58. The lowest BCUT2D eigenvalue weighted by molar-refractivity contribution is -0.120. The van der Waals surface area contributed by atoms with Gasteiger partial charge in [-0.05, 0) is 44.4 Å². The third kappa shape index (κ3) is 3.53. The number of amides is 1. The summed E-state index contributed by atoms with van der Waals surface area (Å²) in [5.74, 6) is -2.66. The van der Waals surface area contributed by atoms with Crippen LogP contribution in [0.5, 0.6) is 0 Å². The summed E-state index contributed by atoms with van der Waals surface area (Å²) in [5.41, 5.74) is 1.29. The van der Waals surface area contributed by atoms with E-state index >= 15 is 0 Å². The molecule has 1 N–H and O–H groups in total. The number of carbonyl (C=O) groups is 1. The van der Waals surface area contributed by atoms with Crippen LogP contribution in [0.4, 0.5) is 14.7 Å². The van der Waals surface area contributed by atoms with Crippen LogP contribution in [0.1, 0.15) is 38.1 Å². The first-order chi connectivity index (χ1) is 12.4. The molecule has 2 aliphatic rings. The van der Waals surface area contributed by atoms with Crippen LogP contribution in [-0.4, -0.2) is 50.9 Å².